The zero-order valence-corrected chi connectivity index (χ0v) is 31.2. The maximum absolute atomic E-state index is 9.88. The van der Waals surface area contributed by atoms with E-state index in [0.717, 1.165) is 111 Å². The molecule has 0 aromatic heterocycles. The summed E-state index contributed by atoms with van der Waals surface area (Å²) in [6.45, 7) is 9.27. The molecule has 2 aromatic rings. The van der Waals surface area contributed by atoms with Crippen LogP contribution in [0.4, 0.5) is 0 Å². The van der Waals surface area contributed by atoms with Gasteiger partial charge in [0, 0.05) is 62.1 Å². The van der Waals surface area contributed by atoms with Gasteiger partial charge >= 0.3 is 0 Å². The second-order valence-electron chi connectivity index (χ2n) is 14.8. The van der Waals surface area contributed by atoms with Crippen molar-refractivity contribution in [2.75, 3.05) is 52.7 Å². The van der Waals surface area contributed by atoms with E-state index in [1.807, 2.05) is 18.2 Å². The molecular formula is C42H56N2O7S. The van der Waals surface area contributed by atoms with Gasteiger partial charge in [0.2, 0.25) is 12.1 Å². The number of fused-ring (bicyclic) bond motifs is 2. The lowest BCUT2D eigenvalue weighted by molar-refractivity contribution is -0.223. The minimum absolute atomic E-state index is 0.0254. The number of benzene rings is 2. The number of unbranched alkanes of at least 4 members (excludes halogenated alkanes) is 2. The molecule has 9 nitrogen and oxygen atoms in total. The highest BCUT2D eigenvalue weighted by molar-refractivity contribution is 8.00. The van der Waals surface area contributed by atoms with Crippen LogP contribution >= 0.6 is 11.8 Å². The number of aliphatic hydroxyl groups excluding tert-OH is 2. The van der Waals surface area contributed by atoms with Gasteiger partial charge in [-0.25, -0.2) is 0 Å². The van der Waals surface area contributed by atoms with Gasteiger partial charge in [-0.3, -0.25) is 4.90 Å². The van der Waals surface area contributed by atoms with Crippen LogP contribution < -0.4 is 9.47 Å². The van der Waals surface area contributed by atoms with E-state index in [0.29, 0.717) is 26.2 Å². The molecule has 7 atom stereocenters. The van der Waals surface area contributed by atoms with Gasteiger partial charge in [0.25, 0.3) is 0 Å². The van der Waals surface area contributed by atoms with Crippen molar-refractivity contribution in [2.45, 2.75) is 92.3 Å². The van der Waals surface area contributed by atoms with Crippen molar-refractivity contribution in [3.63, 3.8) is 0 Å². The van der Waals surface area contributed by atoms with Crippen molar-refractivity contribution in [1.82, 2.24) is 4.90 Å². The van der Waals surface area contributed by atoms with Crippen molar-refractivity contribution in [2.24, 2.45) is 22.9 Å². The number of allylic oxidation sites excluding steroid dienone is 1. The third-order valence-corrected chi connectivity index (χ3v) is 12.6. The molecule has 10 heteroatoms. The van der Waals surface area contributed by atoms with Gasteiger partial charge in [0.05, 0.1) is 30.1 Å². The third-order valence-electron chi connectivity index (χ3n) is 11.3. The zero-order valence-electron chi connectivity index (χ0n) is 30.4. The van der Waals surface area contributed by atoms with Crippen molar-refractivity contribution in [3.8, 4) is 11.5 Å². The molecular weight excluding hydrogens is 677 g/mol. The van der Waals surface area contributed by atoms with E-state index in [2.05, 4.69) is 54.0 Å². The van der Waals surface area contributed by atoms with E-state index >= 15 is 0 Å². The maximum Gasteiger partial charge on any atom is 0.231 e. The summed E-state index contributed by atoms with van der Waals surface area (Å²) < 4.78 is 26.7. The number of hydrogen-bond donors (Lipinski definition) is 2. The fourth-order valence-corrected chi connectivity index (χ4v) is 9.99. The number of aliphatic hydroxyl groups is 2. The standard InChI is InChI=1S/C42H56N2O7S/c1-2-24-49-42-38(52-32-13-4-3-5-14-32)29-36(43-51-39-16-8-11-25-48-39)34-27-30(12-6-9-22-45)33(15-7-10-23-46)40(41(34)42)35-28-31(17-18-37(35)50-42)47-26-21-44-19-20-44/h2-5,13-14,17-18,27-28,30,33,38-41,45-46H,1,6-12,15-16,19-26,29H2. The Balaban J connectivity index is 1.37. The van der Waals surface area contributed by atoms with E-state index in [-0.39, 0.29) is 48.4 Å². The summed E-state index contributed by atoms with van der Waals surface area (Å²) >= 11 is 1.77. The molecule has 0 bridgehead atoms. The lowest BCUT2D eigenvalue weighted by Gasteiger charge is -2.58. The Bertz CT molecular complexity index is 1530. The molecule has 2 N–H and O–H groups in total. The van der Waals surface area contributed by atoms with E-state index in [9.17, 15) is 10.2 Å². The minimum Gasteiger partial charge on any atom is -0.492 e. The van der Waals surface area contributed by atoms with Gasteiger partial charge < -0.3 is 34.0 Å². The summed E-state index contributed by atoms with van der Waals surface area (Å²) in [4.78, 5) is 9.74. The highest BCUT2D eigenvalue weighted by atomic mass is 32.2. The van der Waals surface area contributed by atoms with Gasteiger partial charge in [-0.05, 0) is 86.3 Å². The average molecular weight is 733 g/mol. The Morgan fingerprint density at radius 1 is 1.02 bits per heavy atom. The van der Waals surface area contributed by atoms with Crippen LogP contribution in [-0.4, -0.2) is 90.8 Å². The summed E-state index contributed by atoms with van der Waals surface area (Å²) in [5.74, 6) is 0.964. The lowest BCUT2D eigenvalue weighted by atomic mass is 9.56. The van der Waals surface area contributed by atoms with E-state index in [4.69, 9.17) is 28.9 Å². The molecule has 0 spiro atoms. The molecule has 1 saturated carbocycles. The average Bonchev–Trinajstić information content (AvgIpc) is 4.01. The summed E-state index contributed by atoms with van der Waals surface area (Å²) in [6, 6.07) is 16.8. The summed E-state index contributed by atoms with van der Waals surface area (Å²) in [5, 5.41) is 24.5. The fraction of sp³-hybridized carbons (Fsp3) is 0.595. The summed E-state index contributed by atoms with van der Waals surface area (Å²) in [6.07, 6.45) is 12.7. The highest BCUT2D eigenvalue weighted by Crippen LogP contribution is 2.63. The van der Waals surface area contributed by atoms with Crippen LogP contribution in [0.5, 0.6) is 11.5 Å². The Morgan fingerprint density at radius 2 is 1.85 bits per heavy atom. The number of rotatable bonds is 19. The Morgan fingerprint density at radius 3 is 2.60 bits per heavy atom. The van der Waals surface area contributed by atoms with Gasteiger partial charge in [-0.1, -0.05) is 48.3 Å². The van der Waals surface area contributed by atoms with Gasteiger partial charge in [-0.15, -0.1) is 18.3 Å². The molecule has 2 aromatic carbocycles. The molecule has 3 fully saturated rings. The van der Waals surface area contributed by atoms with Crippen molar-refractivity contribution < 1.29 is 34.0 Å². The van der Waals surface area contributed by atoms with Crippen LogP contribution in [0.15, 0.2) is 82.9 Å². The molecule has 0 amide bonds. The van der Waals surface area contributed by atoms with Crippen LogP contribution in [0.2, 0.25) is 0 Å². The number of hydrogen-bond acceptors (Lipinski definition) is 10. The minimum atomic E-state index is -1.02. The summed E-state index contributed by atoms with van der Waals surface area (Å²) in [5.41, 5.74) is 3.19. The third kappa shape index (κ3) is 8.58. The first kappa shape index (κ1) is 37.5. The molecule has 2 saturated heterocycles. The molecule has 0 radical (unpaired) electrons. The molecule has 282 valence electrons. The first-order valence-electron chi connectivity index (χ1n) is 19.6. The summed E-state index contributed by atoms with van der Waals surface area (Å²) in [7, 11) is 0. The van der Waals surface area contributed by atoms with E-state index in [1.54, 1.807) is 11.8 Å². The highest BCUT2D eigenvalue weighted by Gasteiger charge is 2.64. The van der Waals surface area contributed by atoms with E-state index in [1.165, 1.54) is 0 Å². The Hall–Kier alpha value is -2.86. The first-order chi connectivity index (χ1) is 25.6. The molecule has 5 aliphatic rings. The van der Waals surface area contributed by atoms with Crippen LogP contribution in [0, 0.1) is 17.8 Å². The topological polar surface area (TPSA) is 102 Å². The molecule has 52 heavy (non-hydrogen) atoms. The Kier molecular flexibility index (Phi) is 12.9. The first-order valence-corrected chi connectivity index (χ1v) is 20.4. The van der Waals surface area contributed by atoms with Crippen molar-refractivity contribution in [3.05, 3.63) is 78.4 Å². The van der Waals surface area contributed by atoms with Crippen LogP contribution in [0.25, 0.3) is 0 Å². The normalized spacial score (nSPS) is 30.1. The van der Waals surface area contributed by atoms with Crippen LogP contribution in [0.1, 0.15) is 75.7 Å². The van der Waals surface area contributed by atoms with E-state index < -0.39 is 5.79 Å². The number of ether oxygens (including phenoxy) is 4. The number of nitrogens with zero attached hydrogens (tertiary/aromatic N) is 2. The van der Waals surface area contributed by atoms with Gasteiger partial charge in [0.1, 0.15) is 18.1 Å². The van der Waals surface area contributed by atoms with Gasteiger partial charge in [-0.2, -0.15) is 0 Å². The fourth-order valence-electron chi connectivity index (χ4n) is 8.68. The van der Waals surface area contributed by atoms with Crippen molar-refractivity contribution >= 4 is 17.5 Å². The molecule has 3 aliphatic heterocycles. The maximum atomic E-state index is 9.88. The molecule has 3 heterocycles. The quantitative estimate of drug-likeness (QED) is 0.0666. The Labute approximate surface area is 313 Å². The lowest BCUT2D eigenvalue weighted by Crippen LogP contribution is -2.64. The number of oxime groups is 1. The monoisotopic (exact) mass is 732 g/mol. The predicted octanol–water partition coefficient (Wildman–Crippen LogP) is 7.33. The smallest absolute Gasteiger partial charge is 0.231 e. The van der Waals surface area contributed by atoms with Crippen LogP contribution in [0.3, 0.4) is 0 Å². The molecule has 7 rings (SSSR count). The largest absolute Gasteiger partial charge is 0.492 e. The predicted molar refractivity (Wildman–Crippen MR) is 204 cm³/mol. The second-order valence-corrected chi connectivity index (χ2v) is 16.0. The molecule has 7 unspecified atom stereocenters. The van der Waals surface area contributed by atoms with Crippen LogP contribution in [-0.2, 0) is 14.3 Å². The van der Waals surface area contributed by atoms with Gasteiger partial charge in [0.15, 0.2) is 0 Å². The number of thioether (sulfide) groups is 1. The SMILES string of the molecule is C=CCOC12Oc3ccc(OCCN4CC4)cc3C3C(CCCCO)C(CCCCO)C=C(C(=NOC4CCCCO4)CC1Sc1ccccc1)C32. The van der Waals surface area contributed by atoms with Crippen molar-refractivity contribution in [1.29, 1.82) is 0 Å². The molecule has 2 aliphatic carbocycles. The zero-order chi connectivity index (χ0) is 35.8. The second kappa shape index (κ2) is 18.0.